The lowest BCUT2D eigenvalue weighted by molar-refractivity contribution is -0.384. The third-order valence-corrected chi connectivity index (χ3v) is 5.69. The fourth-order valence-corrected chi connectivity index (χ4v) is 3.68. The largest absolute Gasteiger partial charge is 0.497 e. The first kappa shape index (κ1) is 24.0. The SMILES string of the molecule is COc1ccc(NC(=O)/C(C#N)=C/c2cccc(OS(=O)(=O)c3ccc([N+](=O)[O-])cc3)c2)cc1. The van der Waals surface area contributed by atoms with Crippen molar-refractivity contribution in [3.63, 3.8) is 0 Å². The van der Waals surface area contributed by atoms with Crippen LogP contribution in [0.3, 0.4) is 0 Å². The molecule has 0 aliphatic rings. The van der Waals surface area contributed by atoms with Gasteiger partial charge >= 0.3 is 10.1 Å². The first-order valence-corrected chi connectivity index (χ1v) is 11.0. The average molecular weight is 479 g/mol. The molecule has 0 spiro atoms. The number of non-ortho nitro benzene ring substituents is 1. The molecule has 0 aliphatic heterocycles. The minimum absolute atomic E-state index is 0.0695. The second kappa shape index (κ2) is 10.3. The van der Waals surface area contributed by atoms with Gasteiger partial charge in [0.1, 0.15) is 28.0 Å². The molecular weight excluding hydrogens is 462 g/mol. The molecular formula is C23H17N3O7S. The maximum atomic E-state index is 12.5. The maximum Gasteiger partial charge on any atom is 0.339 e. The second-order valence-corrected chi connectivity index (χ2v) is 8.26. The van der Waals surface area contributed by atoms with E-state index < -0.39 is 20.9 Å². The van der Waals surface area contributed by atoms with E-state index in [0.717, 1.165) is 24.3 Å². The number of nitro benzene ring substituents is 1. The van der Waals surface area contributed by atoms with E-state index in [1.54, 1.807) is 30.3 Å². The summed E-state index contributed by atoms with van der Waals surface area (Å²) in [4.78, 5) is 22.3. The summed E-state index contributed by atoms with van der Waals surface area (Å²) in [6.07, 6.45) is 1.28. The van der Waals surface area contributed by atoms with Crippen LogP contribution < -0.4 is 14.2 Å². The Bertz CT molecular complexity index is 1390. The van der Waals surface area contributed by atoms with Gasteiger partial charge in [0.05, 0.1) is 12.0 Å². The van der Waals surface area contributed by atoms with Gasteiger partial charge in [-0.15, -0.1) is 0 Å². The van der Waals surface area contributed by atoms with Crippen LogP contribution in [0.4, 0.5) is 11.4 Å². The Morgan fingerprint density at radius 1 is 1.06 bits per heavy atom. The van der Waals surface area contributed by atoms with Crippen molar-refractivity contribution in [2.24, 2.45) is 0 Å². The van der Waals surface area contributed by atoms with Gasteiger partial charge in [-0.25, -0.2) is 0 Å². The third kappa shape index (κ3) is 5.96. The monoisotopic (exact) mass is 479 g/mol. The molecule has 0 saturated carbocycles. The first-order valence-electron chi connectivity index (χ1n) is 9.58. The van der Waals surface area contributed by atoms with Crippen LogP contribution in [0.25, 0.3) is 6.08 Å². The van der Waals surface area contributed by atoms with Crippen LogP contribution in [0.15, 0.2) is 83.3 Å². The number of hydrogen-bond donors (Lipinski definition) is 1. The Balaban J connectivity index is 1.78. The van der Waals surface area contributed by atoms with E-state index in [2.05, 4.69) is 5.32 Å². The molecule has 34 heavy (non-hydrogen) atoms. The number of nitrogens with one attached hydrogen (secondary N) is 1. The zero-order valence-electron chi connectivity index (χ0n) is 17.7. The number of rotatable bonds is 8. The number of anilines is 1. The lowest BCUT2D eigenvalue weighted by atomic mass is 10.1. The summed E-state index contributed by atoms with van der Waals surface area (Å²) in [5.41, 5.74) is 0.324. The molecule has 0 unspecified atom stereocenters. The number of nitriles is 1. The van der Waals surface area contributed by atoms with E-state index in [4.69, 9.17) is 8.92 Å². The molecule has 1 amide bonds. The number of nitrogens with zero attached hydrogens (tertiary/aromatic N) is 2. The zero-order chi connectivity index (χ0) is 24.7. The van der Waals surface area contributed by atoms with E-state index >= 15 is 0 Å². The number of benzene rings is 3. The molecule has 0 bridgehead atoms. The lowest BCUT2D eigenvalue weighted by Gasteiger charge is -2.08. The summed E-state index contributed by atoms with van der Waals surface area (Å²) in [5.74, 6) is -0.119. The minimum atomic E-state index is -4.27. The highest BCUT2D eigenvalue weighted by atomic mass is 32.2. The Labute approximate surface area is 194 Å². The van der Waals surface area contributed by atoms with Crippen LogP contribution in [-0.4, -0.2) is 26.4 Å². The van der Waals surface area contributed by atoms with Gasteiger partial charge in [0.25, 0.3) is 11.6 Å². The molecule has 1 N–H and O–H groups in total. The molecule has 3 aromatic rings. The van der Waals surface area contributed by atoms with Crippen molar-refractivity contribution in [2.75, 3.05) is 12.4 Å². The molecule has 11 heteroatoms. The maximum absolute atomic E-state index is 12.5. The molecule has 0 aromatic heterocycles. The molecule has 0 atom stereocenters. The normalized spacial score (nSPS) is 11.2. The summed E-state index contributed by atoms with van der Waals surface area (Å²) < 4.78 is 35.1. The predicted octanol–water partition coefficient (Wildman–Crippen LogP) is 3.92. The molecule has 0 aliphatic carbocycles. The molecule has 3 aromatic carbocycles. The van der Waals surface area contributed by atoms with Crippen molar-refractivity contribution < 1.29 is 27.1 Å². The highest BCUT2D eigenvalue weighted by Gasteiger charge is 2.18. The van der Waals surface area contributed by atoms with Crippen LogP contribution in [0, 0.1) is 21.4 Å². The second-order valence-electron chi connectivity index (χ2n) is 6.71. The first-order chi connectivity index (χ1) is 16.2. The van der Waals surface area contributed by atoms with Gasteiger partial charge in [0.2, 0.25) is 0 Å². The Morgan fingerprint density at radius 3 is 2.32 bits per heavy atom. The Kier molecular flexibility index (Phi) is 7.25. The van der Waals surface area contributed by atoms with E-state index in [9.17, 15) is 28.6 Å². The van der Waals surface area contributed by atoms with Crippen LogP contribution in [0.5, 0.6) is 11.5 Å². The molecule has 0 heterocycles. The van der Waals surface area contributed by atoms with E-state index in [1.165, 1.54) is 31.4 Å². The van der Waals surface area contributed by atoms with Gasteiger partial charge in [0, 0.05) is 17.8 Å². The molecule has 0 radical (unpaired) electrons. The lowest BCUT2D eigenvalue weighted by Crippen LogP contribution is -2.13. The van der Waals surface area contributed by atoms with Crippen molar-refractivity contribution in [3.05, 3.63) is 94.0 Å². The van der Waals surface area contributed by atoms with Crippen molar-refractivity contribution in [2.45, 2.75) is 4.90 Å². The van der Waals surface area contributed by atoms with E-state index in [1.807, 2.05) is 6.07 Å². The predicted molar refractivity (Wildman–Crippen MR) is 123 cm³/mol. The van der Waals surface area contributed by atoms with Crippen LogP contribution in [0.1, 0.15) is 5.56 Å². The van der Waals surface area contributed by atoms with Crippen molar-refractivity contribution in [1.82, 2.24) is 0 Å². The van der Waals surface area contributed by atoms with Gasteiger partial charge < -0.3 is 14.2 Å². The van der Waals surface area contributed by atoms with Crippen LogP contribution >= 0.6 is 0 Å². The van der Waals surface area contributed by atoms with E-state index in [-0.39, 0.29) is 21.9 Å². The summed E-state index contributed by atoms with van der Waals surface area (Å²) >= 11 is 0. The highest BCUT2D eigenvalue weighted by Crippen LogP contribution is 2.23. The van der Waals surface area contributed by atoms with Gasteiger partial charge in [-0.2, -0.15) is 13.7 Å². The standard InChI is InChI=1S/C23H17N3O7S/c1-32-20-9-5-18(6-10-20)25-23(27)17(15-24)13-16-3-2-4-21(14-16)33-34(30,31)22-11-7-19(8-12-22)26(28)29/h2-14H,1H3,(H,25,27)/b17-13+. The third-order valence-electron chi connectivity index (χ3n) is 4.42. The van der Waals surface area contributed by atoms with Crippen molar-refractivity contribution in [1.29, 1.82) is 5.26 Å². The number of amides is 1. The summed E-state index contributed by atoms with van der Waals surface area (Å²) in [6.45, 7) is 0. The fraction of sp³-hybridized carbons (Fsp3) is 0.0435. The molecule has 0 fully saturated rings. The number of carbonyl (C=O) groups is 1. The summed E-state index contributed by atoms with van der Waals surface area (Å²) in [7, 11) is -2.75. The van der Waals surface area contributed by atoms with Crippen LogP contribution in [0.2, 0.25) is 0 Å². The van der Waals surface area contributed by atoms with Crippen molar-refractivity contribution in [3.8, 4) is 17.6 Å². The Morgan fingerprint density at radius 2 is 1.74 bits per heavy atom. The highest BCUT2D eigenvalue weighted by molar-refractivity contribution is 7.87. The minimum Gasteiger partial charge on any atom is -0.497 e. The molecule has 3 rings (SSSR count). The molecule has 10 nitrogen and oxygen atoms in total. The average Bonchev–Trinajstić information content (AvgIpc) is 2.83. The number of hydrogen-bond acceptors (Lipinski definition) is 8. The van der Waals surface area contributed by atoms with Gasteiger partial charge in [-0.1, -0.05) is 12.1 Å². The van der Waals surface area contributed by atoms with Gasteiger partial charge in [-0.05, 0) is 60.2 Å². The zero-order valence-corrected chi connectivity index (χ0v) is 18.5. The number of methoxy groups -OCH3 is 1. The topological polar surface area (TPSA) is 149 Å². The smallest absolute Gasteiger partial charge is 0.339 e. The molecule has 0 saturated heterocycles. The van der Waals surface area contributed by atoms with Crippen LogP contribution in [-0.2, 0) is 14.9 Å². The molecule has 172 valence electrons. The Hall–Kier alpha value is -4.69. The van der Waals surface area contributed by atoms with Crippen molar-refractivity contribution >= 4 is 33.5 Å². The fourth-order valence-electron chi connectivity index (χ4n) is 2.75. The number of nitro groups is 1. The summed E-state index contributed by atoms with van der Waals surface area (Å²) in [6, 6.07) is 18.3. The summed E-state index contributed by atoms with van der Waals surface area (Å²) in [5, 5.41) is 22.7. The van der Waals surface area contributed by atoms with Gasteiger partial charge in [0.15, 0.2) is 0 Å². The van der Waals surface area contributed by atoms with E-state index in [0.29, 0.717) is 17.0 Å². The quantitative estimate of drug-likeness (QED) is 0.168. The van der Waals surface area contributed by atoms with Gasteiger partial charge in [-0.3, -0.25) is 14.9 Å². The number of ether oxygens (including phenoxy) is 1. The number of carbonyl (C=O) groups excluding carboxylic acids is 1.